The first-order valence-electron chi connectivity index (χ1n) is 7.71. The van der Waals surface area contributed by atoms with E-state index in [4.69, 9.17) is 9.57 Å². The Morgan fingerprint density at radius 3 is 2.56 bits per heavy atom. The molecule has 0 radical (unpaired) electrons. The summed E-state index contributed by atoms with van der Waals surface area (Å²) in [6.07, 6.45) is 0.175. The Hall–Kier alpha value is -2.03. The maximum absolute atomic E-state index is 14.0. The molecule has 0 aromatic heterocycles. The normalized spacial score (nSPS) is 18.0. The molecule has 0 bridgehead atoms. The van der Waals surface area contributed by atoms with Gasteiger partial charge in [0.25, 0.3) is 0 Å². The number of rotatable bonds is 5. The van der Waals surface area contributed by atoms with Crippen LogP contribution in [-0.4, -0.2) is 34.0 Å². The van der Waals surface area contributed by atoms with Crippen molar-refractivity contribution in [3.05, 3.63) is 35.4 Å². The molecule has 0 saturated heterocycles. The molecule has 25 heavy (non-hydrogen) atoms. The van der Waals surface area contributed by atoms with Gasteiger partial charge in [-0.2, -0.15) is 0 Å². The number of ether oxygens (including phenoxy) is 1. The number of oxime groups is 1. The number of benzene rings is 1. The second kappa shape index (κ2) is 7.47. The van der Waals surface area contributed by atoms with E-state index in [2.05, 4.69) is 9.52 Å². The van der Waals surface area contributed by atoms with Crippen LogP contribution < -0.4 is 0 Å². The zero-order chi connectivity index (χ0) is 18.7. The van der Waals surface area contributed by atoms with Gasteiger partial charge in [-0.3, -0.25) is 4.79 Å². The van der Waals surface area contributed by atoms with Gasteiger partial charge in [0.05, 0.1) is 22.1 Å². The van der Waals surface area contributed by atoms with Crippen molar-refractivity contribution in [2.75, 3.05) is 13.2 Å². The largest absolute Gasteiger partial charge is 0.465 e. The molecule has 0 spiro atoms. The summed E-state index contributed by atoms with van der Waals surface area (Å²) in [7, 11) is -3.38. The van der Waals surface area contributed by atoms with Gasteiger partial charge in [0.15, 0.2) is 5.04 Å². The first-order valence-corrected chi connectivity index (χ1v) is 9.39. The quantitative estimate of drug-likeness (QED) is 0.743. The molecule has 2 rings (SSSR count). The monoisotopic (exact) mass is 374 g/mol. The smallest absolute Gasteiger partial charge is 0.328 e. The van der Waals surface area contributed by atoms with Crippen LogP contribution in [0, 0.1) is 11.6 Å². The highest BCUT2D eigenvalue weighted by atomic mass is 32.2. The Morgan fingerprint density at radius 1 is 1.40 bits per heavy atom. The lowest BCUT2D eigenvalue weighted by Crippen LogP contribution is -2.24. The van der Waals surface area contributed by atoms with Gasteiger partial charge >= 0.3 is 5.97 Å². The molecule has 138 valence electrons. The van der Waals surface area contributed by atoms with Crippen molar-refractivity contribution in [3.63, 3.8) is 0 Å². The molecule has 6 nitrogen and oxygen atoms in total. The lowest BCUT2D eigenvalue weighted by molar-refractivity contribution is -0.141. The van der Waals surface area contributed by atoms with Crippen LogP contribution in [0.15, 0.2) is 27.7 Å². The molecule has 1 unspecified atom stereocenters. The number of halogens is 2. The third kappa shape index (κ3) is 4.75. The van der Waals surface area contributed by atoms with Crippen molar-refractivity contribution in [3.8, 4) is 0 Å². The SMILES string of the molecule is CCOC(=O)CN=S(=O)(Cc1c(F)cccc1F)C1=NOC(C)(C)C1. The summed E-state index contributed by atoms with van der Waals surface area (Å²) in [5.41, 5.74) is -1.07. The molecule has 0 amide bonds. The van der Waals surface area contributed by atoms with Gasteiger partial charge in [-0.25, -0.2) is 17.4 Å². The molecule has 1 aromatic rings. The minimum atomic E-state index is -3.38. The van der Waals surface area contributed by atoms with E-state index in [0.717, 1.165) is 12.1 Å². The minimum Gasteiger partial charge on any atom is -0.465 e. The van der Waals surface area contributed by atoms with Crippen LogP contribution in [0.5, 0.6) is 0 Å². The molecule has 1 aromatic carbocycles. The maximum atomic E-state index is 14.0. The summed E-state index contributed by atoms with van der Waals surface area (Å²) < 4.78 is 49.9. The summed E-state index contributed by atoms with van der Waals surface area (Å²) in [5, 5.41) is 3.86. The summed E-state index contributed by atoms with van der Waals surface area (Å²) in [6.45, 7) is 4.74. The van der Waals surface area contributed by atoms with Gasteiger partial charge in [0, 0.05) is 12.0 Å². The molecule has 1 aliphatic heterocycles. The van der Waals surface area contributed by atoms with Crippen LogP contribution in [0.2, 0.25) is 0 Å². The van der Waals surface area contributed by atoms with E-state index >= 15 is 0 Å². The summed E-state index contributed by atoms with van der Waals surface area (Å²) in [5.74, 6) is -2.89. The third-order valence-electron chi connectivity index (χ3n) is 3.45. The Labute approximate surface area is 145 Å². The van der Waals surface area contributed by atoms with Crippen molar-refractivity contribution in [2.45, 2.75) is 38.5 Å². The van der Waals surface area contributed by atoms with E-state index in [-0.39, 0.29) is 23.6 Å². The topological polar surface area (TPSA) is 77.3 Å². The van der Waals surface area contributed by atoms with Gasteiger partial charge in [-0.1, -0.05) is 11.2 Å². The Bertz CT molecular complexity index is 794. The summed E-state index contributed by atoms with van der Waals surface area (Å²) in [6, 6.07) is 3.35. The van der Waals surface area contributed by atoms with Gasteiger partial charge in [-0.05, 0) is 32.9 Å². The third-order valence-corrected chi connectivity index (χ3v) is 5.63. The Morgan fingerprint density at radius 2 is 2.04 bits per heavy atom. The van der Waals surface area contributed by atoms with Crippen molar-refractivity contribution < 1.29 is 27.4 Å². The zero-order valence-corrected chi connectivity index (χ0v) is 15.1. The number of carbonyl (C=O) groups is 1. The number of esters is 1. The number of hydrogen-bond donors (Lipinski definition) is 0. The second-order valence-electron chi connectivity index (χ2n) is 6.09. The molecule has 1 heterocycles. The average molecular weight is 374 g/mol. The van der Waals surface area contributed by atoms with Crippen LogP contribution in [-0.2, 0) is 29.9 Å². The fourth-order valence-corrected chi connectivity index (χ4v) is 4.32. The molecule has 0 aliphatic carbocycles. The molecule has 0 N–H and O–H groups in total. The van der Waals surface area contributed by atoms with Crippen LogP contribution in [0.3, 0.4) is 0 Å². The van der Waals surface area contributed by atoms with E-state index in [1.807, 2.05) is 0 Å². The molecule has 9 heteroatoms. The fourth-order valence-electron chi connectivity index (χ4n) is 2.21. The highest BCUT2D eigenvalue weighted by Gasteiger charge is 2.35. The molecular weight excluding hydrogens is 354 g/mol. The summed E-state index contributed by atoms with van der Waals surface area (Å²) >= 11 is 0. The van der Waals surface area contributed by atoms with Gasteiger partial charge < -0.3 is 9.57 Å². The van der Waals surface area contributed by atoms with E-state index in [1.54, 1.807) is 20.8 Å². The Kier molecular flexibility index (Phi) is 5.76. The van der Waals surface area contributed by atoms with Crippen molar-refractivity contribution in [1.29, 1.82) is 0 Å². The number of hydrogen-bond acceptors (Lipinski definition) is 6. The first-order chi connectivity index (χ1) is 11.7. The van der Waals surface area contributed by atoms with E-state index in [9.17, 15) is 17.8 Å². The van der Waals surface area contributed by atoms with Crippen LogP contribution in [0.4, 0.5) is 8.78 Å². The lowest BCUT2D eigenvalue weighted by atomic mass is 10.1. The predicted molar refractivity (Wildman–Crippen MR) is 89.3 cm³/mol. The highest BCUT2D eigenvalue weighted by molar-refractivity contribution is 8.07. The molecule has 0 fully saturated rings. The van der Waals surface area contributed by atoms with Crippen LogP contribution >= 0.6 is 0 Å². The molecule has 0 saturated carbocycles. The fraction of sp³-hybridized carbons (Fsp3) is 0.500. The maximum Gasteiger partial charge on any atom is 0.328 e. The standard InChI is InChI=1S/C16H20F2N2O4S/c1-4-23-15(21)9-19-25(22,14-8-16(2,3)24-20-14)10-11-12(17)6-5-7-13(11)18/h5-7H,4,8-10H2,1-3H3. The molecule has 1 aliphatic rings. The average Bonchev–Trinajstić information content (AvgIpc) is 2.90. The highest BCUT2D eigenvalue weighted by Crippen LogP contribution is 2.28. The first kappa shape index (κ1) is 19.3. The van der Waals surface area contributed by atoms with Crippen molar-refractivity contribution >= 4 is 20.7 Å². The van der Waals surface area contributed by atoms with Gasteiger partial charge in [-0.15, -0.1) is 0 Å². The zero-order valence-electron chi connectivity index (χ0n) is 14.3. The van der Waals surface area contributed by atoms with Crippen LogP contribution in [0.25, 0.3) is 0 Å². The predicted octanol–water partition coefficient (Wildman–Crippen LogP) is 3.01. The summed E-state index contributed by atoms with van der Waals surface area (Å²) in [4.78, 5) is 16.8. The van der Waals surface area contributed by atoms with Gasteiger partial charge in [0.2, 0.25) is 0 Å². The van der Waals surface area contributed by atoms with Crippen molar-refractivity contribution in [1.82, 2.24) is 0 Å². The number of carbonyl (C=O) groups excluding carboxylic acids is 1. The van der Waals surface area contributed by atoms with E-state index in [1.165, 1.54) is 6.07 Å². The van der Waals surface area contributed by atoms with E-state index in [0.29, 0.717) is 0 Å². The second-order valence-corrected chi connectivity index (χ2v) is 8.39. The van der Waals surface area contributed by atoms with Crippen LogP contribution in [0.1, 0.15) is 32.8 Å². The molecule has 1 atom stereocenters. The minimum absolute atomic E-state index is 0.0736. The molecular formula is C16H20F2N2O4S. The van der Waals surface area contributed by atoms with Gasteiger partial charge in [0.1, 0.15) is 23.8 Å². The lowest BCUT2D eigenvalue weighted by Gasteiger charge is -2.15. The van der Waals surface area contributed by atoms with Crippen molar-refractivity contribution in [2.24, 2.45) is 9.52 Å². The Balaban J connectivity index is 2.41. The van der Waals surface area contributed by atoms with E-state index < -0.39 is 45.2 Å². The number of nitrogens with zero attached hydrogens (tertiary/aromatic N) is 2.